The first-order chi connectivity index (χ1) is 35.7. The quantitative estimate of drug-likeness (QED) is 0.166. The van der Waals surface area contributed by atoms with Crippen molar-refractivity contribution in [1.29, 1.82) is 0 Å². The van der Waals surface area contributed by atoms with Crippen molar-refractivity contribution in [3.05, 3.63) is 283 Å². The molecule has 72 heavy (non-hydrogen) atoms. The third-order valence-corrected chi connectivity index (χ3v) is 15.3. The Bertz CT molecular complexity index is 4230. The minimum atomic E-state index is -0.645. The third-order valence-electron chi connectivity index (χ3n) is 15.3. The molecule has 3 heteroatoms. The van der Waals surface area contributed by atoms with Crippen molar-refractivity contribution in [2.24, 2.45) is 0 Å². The van der Waals surface area contributed by atoms with Crippen LogP contribution in [0.2, 0.25) is 0 Å². The van der Waals surface area contributed by atoms with E-state index in [1.54, 1.807) is 0 Å². The van der Waals surface area contributed by atoms with Crippen LogP contribution >= 0.6 is 0 Å². The van der Waals surface area contributed by atoms with Gasteiger partial charge in [-0.2, -0.15) is 0 Å². The van der Waals surface area contributed by atoms with Crippen LogP contribution in [-0.4, -0.2) is 0 Å². The van der Waals surface area contributed by atoms with Crippen molar-refractivity contribution < 1.29 is 9.15 Å². The molecule has 0 atom stereocenters. The molecular formula is C69H43NO2. The van der Waals surface area contributed by atoms with Gasteiger partial charge in [0.25, 0.3) is 0 Å². The van der Waals surface area contributed by atoms with Gasteiger partial charge in [0.15, 0.2) is 0 Å². The van der Waals surface area contributed by atoms with E-state index >= 15 is 0 Å². The zero-order chi connectivity index (χ0) is 47.3. The zero-order valence-corrected chi connectivity index (χ0v) is 39.1. The summed E-state index contributed by atoms with van der Waals surface area (Å²) in [7, 11) is 0. The van der Waals surface area contributed by atoms with Crippen molar-refractivity contribution in [2.75, 3.05) is 4.90 Å². The molecule has 2 aliphatic rings. The highest BCUT2D eigenvalue weighted by Crippen LogP contribution is 2.64. The predicted molar refractivity (Wildman–Crippen MR) is 297 cm³/mol. The molecule has 1 aliphatic heterocycles. The van der Waals surface area contributed by atoms with E-state index in [-0.39, 0.29) is 0 Å². The molecule has 3 nitrogen and oxygen atoms in total. The molecule has 1 aromatic heterocycles. The minimum absolute atomic E-state index is 0.645. The monoisotopic (exact) mass is 917 g/mol. The second kappa shape index (κ2) is 15.8. The molecule has 15 rings (SSSR count). The summed E-state index contributed by atoms with van der Waals surface area (Å²) in [5.41, 5.74) is 18.5. The molecule has 13 aromatic rings. The van der Waals surface area contributed by atoms with Crippen molar-refractivity contribution in [1.82, 2.24) is 0 Å². The largest absolute Gasteiger partial charge is 0.456 e. The predicted octanol–water partition coefficient (Wildman–Crippen LogP) is 18.8. The summed E-state index contributed by atoms with van der Waals surface area (Å²) >= 11 is 0. The highest BCUT2D eigenvalue weighted by molar-refractivity contribution is 6.06. The Hall–Kier alpha value is -9.44. The number of para-hydroxylation sites is 2. The fourth-order valence-electron chi connectivity index (χ4n) is 12.1. The number of rotatable bonds is 6. The molecule has 0 saturated carbocycles. The van der Waals surface area contributed by atoms with Gasteiger partial charge in [0, 0.05) is 49.6 Å². The smallest absolute Gasteiger partial charge is 0.140 e. The van der Waals surface area contributed by atoms with Gasteiger partial charge in [-0.05, 0) is 115 Å². The lowest BCUT2D eigenvalue weighted by molar-refractivity contribution is 0.447. The molecule has 336 valence electrons. The Labute approximate surface area is 417 Å². The first-order valence-electron chi connectivity index (χ1n) is 24.7. The third kappa shape index (κ3) is 5.98. The van der Waals surface area contributed by atoms with Gasteiger partial charge < -0.3 is 14.1 Å². The van der Waals surface area contributed by atoms with Gasteiger partial charge in [0.05, 0.1) is 11.1 Å². The van der Waals surface area contributed by atoms with Crippen LogP contribution in [0.4, 0.5) is 17.1 Å². The number of benzene rings is 12. The lowest BCUT2D eigenvalue weighted by Crippen LogP contribution is -2.32. The lowest BCUT2D eigenvalue weighted by Gasteiger charge is -2.40. The van der Waals surface area contributed by atoms with E-state index in [0.29, 0.717) is 0 Å². The topological polar surface area (TPSA) is 25.6 Å². The molecule has 0 unspecified atom stereocenters. The van der Waals surface area contributed by atoms with E-state index in [9.17, 15) is 0 Å². The maximum absolute atomic E-state index is 7.25. The van der Waals surface area contributed by atoms with Crippen LogP contribution in [-0.2, 0) is 5.41 Å². The molecule has 0 fully saturated rings. The molecular weight excluding hydrogens is 875 g/mol. The molecule has 2 heterocycles. The highest BCUT2D eigenvalue weighted by atomic mass is 16.5. The molecule has 0 N–H and O–H groups in total. The van der Waals surface area contributed by atoms with E-state index in [1.807, 2.05) is 12.1 Å². The van der Waals surface area contributed by atoms with Gasteiger partial charge >= 0.3 is 0 Å². The van der Waals surface area contributed by atoms with Crippen LogP contribution in [0.1, 0.15) is 22.3 Å². The summed E-state index contributed by atoms with van der Waals surface area (Å²) in [6.45, 7) is 0. The standard InChI is InChI=1S/C69H43NO2/c1-2-15-45(16-3-1)53-21-9-12-27-64(53)70(51-35-29-44(30-36-51)50-32-38-59-58-25-10-13-28-65(58)71-66(59)43-50)52-20-14-19-48(41-52)49-31-37-57-56-24-8-11-26-60(56)69(63(57)42-49)61-39-33-46-17-4-6-22-54(46)67(61)72-68-55-23-7-5-18-47(55)34-40-62(68)69/h1-43H. The summed E-state index contributed by atoms with van der Waals surface area (Å²) < 4.78 is 13.6. The maximum Gasteiger partial charge on any atom is 0.140 e. The number of nitrogens with zero attached hydrogens (tertiary/aromatic N) is 1. The highest BCUT2D eigenvalue weighted by Gasteiger charge is 2.52. The van der Waals surface area contributed by atoms with Gasteiger partial charge in [-0.15, -0.1) is 0 Å². The molecule has 0 saturated heterocycles. The second-order valence-corrected chi connectivity index (χ2v) is 19.1. The molecule has 1 spiro atoms. The number of anilines is 3. The van der Waals surface area contributed by atoms with Crippen LogP contribution in [0.5, 0.6) is 11.5 Å². The number of ether oxygens (including phenoxy) is 1. The van der Waals surface area contributed by atoms with Crippen LogP contribution in [0.25, 0.3) is 88.0 Å². The van der Waals surface area contributed by atoms with Crippen LogP contribution < -0.4 is 9.64 Å². The lowest BCUT2D eigenvalue weighted by atomic mass is 9.65. The van der Waals surface area contributed by atoms with E-state index in [1.165, 1.54) is 22.3 Å². The van der Waals surface area contributed by atoms with Gasteiger partial charge in [-0.25, -0.2) is 0 Å². The van der Waals surface area contributed by atoms with Gasteiger partial charge in [0.1, 0.15) is 22.7 Å². The van der Waals surface area contributed by atoms with E-state index in [0.717, 1.165) is 117 Å². The number of furan rings is 1. The first-order valence-corrected chi connectivity index (χ1v) is 24.7. The number of fused-ring (bicyclic) bond motifs is 16. The molecule has 12 aromatic carbocycles. The van der Waals surface area contributed by atoms with E-state index < -0.39 is 5.41 Å². The molecule has 0 radical (unpaired) electrons. The van der Waals surface area contributed by atoms with Gasteiger partial charge in [-0.1, -0.05) is 206 Å². The fourth-order valence-corrected chi connectivity index (χ4v) is 12.1. The van der Waals surface area contributed by atoms with Crippen molar-refractivity contribution >= 4 is 60.5 Å². The number of hydrogen-bond donors (Lipinski definition) is 0. The average Bonchev–Trinajstić information content (AvgIpc) is 3.97. The molecule has 0 bridgehead atoms. The second-order valence-electron chi connectivity index (χ2n) is 19.1. The summed E-state index contributed by atoms with van der Waals surface area (Å²) in [4.78, 5) is 2.41. The Morgan fingerprint density at radius 2 is 0.861 bits per heavy atom. The fraction of sp³-hybridized carbons (Fsp3) is 0.0145. The van der Waals surface area contributed by atoms with Crippen LogP contribution in [0.3, 0.4) is 0 Å². The summed E-state index contributed by atoms with van der Waals surface area (Å²) in [5, 5.41) is 6.80. The Balaban J connectivity index is 0.908. The SMILES string of the molecule is c1ccc(-c2ccccc2N(c2ccc(-c3ccc4c(c3)oc3ccccc34)cc2)c2cccc(-c3ccc4c(c3)C3(c5ccccc5-4)c4ccc5ccccc5c4Oc4c3ccc3ccccc43)c2)cc1. The zero-order valence-electron chi connectivity index (χ0n) is 39.1. The molecule has 1 aliphatic carbocycles. The van der Waals surface area contributed by atoms with Crippen LogP contribution in [0.15, 0.2) is 265 Å². The van der Waals surface area contributed by atoms with Gasteiger partial charge in [-0.3, -0.25) is 0 Å². The summed E-state index contributed by atoms with van der Waals surface area (Å²) in [6.07, 6.45) is 0. The van der Waals surface area contributed by atoms with Crippen molar-refractivity contribution in [3.63, 3.8) is 0 Å². The Morgan fingerprint density at radius 3 is 1.64 bits per heavy atom. The Kier molecular flexibility index (Phi) is 8.87. The van der Waals surface area contributed by atoms with Crippen molar-refractivity contribution in [3.8, 4) is 56.0 Å². The van der Waals surface area contributed by atoms with E-state index in [2.05, 4.69) is 254 Å². The Morgan fingerprint density at radius 1 is 0.292 bits per heavy atom. The first kappa shape index (κ1) is 40.4. The van der Waals surface area contributed by atoms with Crippen LogP contribution in [0, 0.1) is 0 Å². The van der Waals surface area contributed by atoms with Crippen molar-refractivity contribution in [2.45, 2.75) is 5.41 Å². The minimum Gasteiger partial charge on any atom is -0.456 e. The normalized spacial score (nSPS) is 12.9. The van der Waals surface area contributed by atoms with E-state index in [4.69, 9.17) is 9.15 Å². The average molecular weight is 918 g/mol. The summed E-state index contributed by atoms with van der Waals surface area (Å²) in [5.74, 6) is 1.83. The summed E-state index contributed by atoms with van der Waals surface area (Å²) in [6, 6.07) is 94.8. The number of hydrogen-bond acceptors (Lipinski definition) is 3. The molecule has 0 amide bonds. The maximum atomic E-state index is 7.25. The van der Waals surface area contributed by atoms with Gasteiger partial charge in [0.2, 0.25) is 0 Å².